The van der Waals surface area contributed by atoms with E-state index in [2.05, 4.69) is 25.7 Å². The van der Waals surface area contributed by atoms with E-state index in [0.29, 0.717) is 11.5 Å². The number of rotatable bonds is 2. The van der Waals surface area contributed by atoms with Gasteiger partial charge in [0.05, 0.1) is 0 Å². The molecule has 0 aromatic heterocycles. The minimum absolute atomic E-state index is 0.464. The first kappa shape index (κ1) is 12.4. The summed E-state index contributed by atoms with van der Waals surface area (Å²) in [5, 5.41) is 0. The maximum absolute atomic E-state index is 5.81. The van der Waals surface area contributed by atoms with Crippen LogP contribution in [0.5, 0.6) is 0 Å². The first-order valence-electron chi connectivity index (χ1n) is 6.93. The van der Waals surface area contributed by atoms with Gasteiger partial charge < -0.3 is 5.73 Å². The number of nitrogens with two attached hydrogens (primary N) is 1. The van der Waals surface area contributed by atoms with Crippen molar-refractivity contribution in [2.24, 2.45) is 23.0 Å². The van der Waals surface area contributed by atoms with Gasteiger partial charge in [-0.3, -0.25) is 4.90 Å². The molecule has 1 saturated carbocycles. The van der Waals surface area contributed by atoms with E-state index >= 15 is 0 Å². The average Bonchev–Trinajstić information content (AvgIpc) is 2.15. The van der Waals surface area contributed by atoms with Crippen LogP contribution in [0.15, 0.2) is 0 Å². The third-order valence-corrected chi connectivity index (χ3v) is 4.57. The molecule has 2 nitrogen and oxygen atoms in total. The smallest absolute Gasteiger partial charge is 0.0297 e. The van der Waals surface area contributed by atoms with E-state index in [1.54, 1.807) is 0 Å². The van der Waals surface area contributed by atoms with E-state index in [1.165, 1.54) is 32.2 Å². The highest BCUT2D eigenvalue weighted by Gasteiger charge is 2.32. The maximum Gasteiger partial charge on any atom is 0.0297 e. The lowest BCUT2D eigenvalue weighted by molar-refractivity contribution is 0.0869. The summed E-state index contributed by atoms with van der Waals surface area (Å²) in [7, 11) is 0. The molecule has 0 amide bonds. The van der Waals surface area contributed by atoms with Crippen LogP contribution in [0.2, 0.25) is 0 Å². The monoisotopic (exact) mass is 224 g/mol. The van der Waals surface area contributed by atoms with E-state index in [1.807, 2.05) is 0 Å². The summed E-state index contributed by atoms with van der Waals surface area (Å²) >= 11 is 0. The molecule has 0 radical (unpaired) electrons. The normalized spacial score (nSPS) is 33.8. The third kappa shape index (κ3) is 2.98. The van der Waals surface area contributed by atoms with Crippen LogP contribution in [0.3, 0.4) is 0 Å². The van der Waals surface area contributed by atoms with Crippen LogP contribution in [0, 0.1) is 17.3 Å². The van der Waals surface area contributed by atoms with Crippen molar-refractivity contribution in [3.8, 4) is 0 Å². The van der Waals surface area contributed by atoms with Gasteiger partial charge in [0.1, 0.15) is 0 Å². The molecular formula is C14H28N2. The molecule has 1 heterocycles. The van der Waals surface area contributed by atoms with Gasteiger partial charge in [0.15, 0.2) is 0 Å². The van der Waals surface area contributed by atoms with E-state index in [0.717, 1.165) is 24.9 Å². The highest BCUT2D eigenvalue weighted by molar-refractivity contribution is 4.86. The zero-order valence-electron chi connectivity index (χ0n) is 11.2. The van der Waals surface area contributed by atoms with Gasteiger partial charge >= 0.3 is 0 Å². The molecule has 0 bridgehead atoms. The average molecular weight is 224 g/mol. The van der Waals surface area contributed by atoms with Crippen LogP contribution in [-0.4, -0.2) is 30.6 Å². The Morgan fingerprint density at radius 1 is 1.06 bits per heavy atom. The summed E-state index contributed by atoms with van der Waals surface area (Å²) in [6.45, 7) is 10.8. The molecule has 2 N–H and O–H groups in total. The molecule has 0 aromatic rings. The van der Waals surface area contributed by atoms with Gasteiger partial charge in [-0.25, -0.2) is 0 Å². The Hall–Kier alpha value is -0.0800. The van der Waals surface area contributed by atoms with Crippen molar-refractivity contribution in [1.29, 1.82) is 0 Å². The lowest BCUT2D eigenvalue weighted by Gasteiger charge is -2.42. The minimum atomic E-state index is 0.464. The quantitative estimate of drug-likeness (QED) is 0.781. The Labute approximate surface area is 101 Å². The second-order valence-corrected chi connectivity index (χ2v) is 7.06. The second-order valence-electron chi connectivity index (χ2n) is 7.06. The van der Waals surface area contributed by atoms with Crippen LogP contribution < -0.4 is 5.73 Å². The first-order chi connectivity index (χ1) is 7.45. The summed E-state index contributed by atoms with van der Waals surface area (Å²) in [5.74, 6) is 1.90. The number of hydrogen-bond donors (Lipinski definition) is 1. The van der Waals surface area contributed by atoms with Crippen LogP contribution in [-0.2, 0) is 0 Å². The number of nitrogens with zero attached hydrogens (tertiary/aromatic N) is 1. The molecule has 0 aromatic carbocycles. The predicted octanol–water partition coefficient (Wildman–Crippen LogP) is 2.48. The van der Waals surface area contributed by atoms with Crippen molar-refractivity contribution in [2.75, 3.05) is 19.6 Å². The molecule has 1 aliphatic heterocycles. The standard InChI is InChI=1S/C14H28N2/c1-14(2,3)12-6-4-11(5-7-12)8-16-9-13(15)10-16/h11-13H,4-10,15H2,1-3H3. The van der Waals surface area contributed by atoms with Crippen LogP contribution in [0.1, 0.15) is 46.5 Å². The first-order valence-corrected chi connectivity index (χ1v) is 6.93. The van der Waals surface area contributed by atoms with Crippen molar-refractivity contribution in [2.45, 2.75) is 52.5 Å². The van der Waals surface area contributed by atoms with Gasteiger partial charge in [-0.2, -0.15) is 0 Å². The predicted molar refractivity (Wildman–Crippen MR) is 69.3 cm³/mol. The second kappa shape index (κ2) is 4.66. The van der Waals surface area contributed by atoms with Crippen LogP contribution >= 0.6 is 0 Å². The maximum atomic E-state index is 5.81. The molecule has 2 rings (SSSR count). The minimum Gasteiger partial charge on any atom is -0.325 e. The van der Waals surface area contributed by atoms with Crippen molar-refractivity contribution < 1.29 is 0 Å². The molecule has 0 atom stereocenters. The Morgan fingerprint density at radius 3 is 2.06 bits per heavy atom. The summed E-state index contributed by atoms with van der Waals surface area (Å²) < 4.78 is 0. The number of hydrogen-bond acceptors (Lipinski definition) is 2. The van der Waals surface area contributed by atoms with Crippen molar-refractivity contribution >= 4 is 0 Å². The lowest BCUT2D eigenvalue weighted by Crippen LogP contribution is -2.56. The molecule has 0 unspecified atom stereocenters. The van der Waals surface area contributed by atoms with Gasteiger partial charge in [-0.15, -0.1) is 0 Å². The lowest BCUT2D eigenvalue weighted by atomic mass is 9.69. The highest BCUT2D eigenvalue weighted by atomic mass is 15.2. The van der Waals surface area contributed by atoms with Gasteiger partial charge in [0.2, 0.25) is 0 Å². The molecule has 2 heteroatoms. The Bertz CT molecular complexity index is 217. The van der Waals surface area contributed by atoms with Gasteiger partial charge in [-0.1, -0.05) is 20.8 Å². The van der Waals surface area contributed by atoms with Gasteiger partial charge in [0, 0.05) is 25.7 Å². The topological polar surface area (TPSA) is 29.3 Å². The van der Waals surface area contributed by atoms with Crippen LogP contribution in [0.4, 0.5) is 0 Å². The van der Waals surface area contributed by atoms with E-state index in [-0.39, 0.29) is 0 Å². The third-order valence-electron chi connectivity index (χ3n) is 4.57. The van der Waals surface area contributed by atoms with E-state index in [4.69, 9.17) is 5.73 Å². The summed E-state index contributed by atoms with van der Waals surface area (Å²) in [5.41, 5.74) is 6.33. The largest absolute Gasteiger partial charge is 0.325 e. The Balaban J connectivity index is 1.69. The Morgan fingerprint density at radius 2 is 1.62 bits per heavy atom. The zero-order chi connectivity index (χ0) is 11.8. The fraction of sp³-hybridized carbons (Fsp3) is 1.00. The number of likely N-dealkylation sites (tertiary alicyclic amines) is 1. The van der Waals surface area contributed by atoms with Gasteiger partial charge in [0.25, 0.3) is 0 Å². The molecule has 1 saturated heterocycles. The fourth-order valence-corrected chi connectivity index (χ4v) is 3.34. The van der Waals surface area contributed by atoms with E-state index < -0.39 is 0 Å². The van der Waals surface area contributed by atoms with E-state index in [9.17, 15) is 0 Å². The van der Waals surface area contributed by atoms with Crippen molar-refractivity contribution in [3.05, 3.63) is 0 Å². The molecule has 1 aliphatic carbocycles. The molecule has 94 valence electrons. The Kier molecular flexibility index (Phi) is 3.60. The molecule has 2 fully saturated rings. The summed E-state index contributed by atoms with van der Waals surface area (Å²) in [6, 6.07) is 0.464. The molecule has 2 aliphatic rings. The summed E-state index contributed by atoms with van der Waals surface area (Å²) in [6.07, 6.45) is 5.75. The van der Waals surface area contributed by atoms with Crippen molar-refractivity contribution in [3.63, 3.8) is 0 Å². The molecular weight excluding hydrogens is 196 g/mol. The molecule has 16 heavy (non-hydrogen) atoms. The van der Waals surface area contributed by atoms with Crippen LogP contribution in [0.25, 0.3) is 0 Å². The molecule has 0 spiro atoms. The highest BCUT2D eigenvalue weighted by Crippen LogP contribution is 2.40. The SMILES string of the molecule is CC(C)(C)C1CCC(CN2CC(N)C2)CC1. The van der Waals surface area contributed by atoms with Crippen molar-refractivity contribution in [1.82, 2.24) is 4.90 Å². The zero-order valence-corrected chi connectivity index (χ0v) is 11.2. The van der Waals surface area contributed by atoms with Gasteiger partial charge in [-0.05, 0) is 42.9 Å². The fourth-order valence-electron chi connectivity index (χ4n) is 3.34. The summed E-state index contributed by atoms with van der Waals surface area (Å²) in [4.78, 5) is 2.53.